The molecule has 1 aromatic rings. The topological polar surface area (TPSA) is 66.0 Å². The van der Waals surface area contributed by atoms with Gasteiger partial charge in [0, 0.05) is 25.7 Å². The highest BCUT2D eigenvalue weighted by Gasteiger charge is 2.23. The van der Waals surface area contributed by atoms with Gasteiger partial charge in [-0.3, -0.25) is 0 Å². The van der Waals surface area contributed by atoms with E-state index in [0.29, 0.717) is 30.1 Å². The standard InChI is InChI=1S/C17H24BrFN4O2/c1-3-20-16(21-11-12-4-5-14(18)15(19)10-12)22-13-6-8-23(9-7-13)17(24)25-2/h4-5,10,13H,3,6-9,11H2,1-2H3,(H2,20,21,22). The van der Waals surface area contributed by atoms with Gasteiger partial charge in [0.25, 0.3) is 0 Å². The van der Waals surface area contributed by atoms with Crippen LogP contribution in [0.25, 0.3) is 0 Å². The number of guanidine groups is 1. The molecule has 1 amide bonds. The fourth-order valence-corrected chi connectivity index (χ4v) is 2.90. The third kappa shape index (κ3) is 5.88. The minimum Gasteiger partial charge on any atom is -0.453 e. The number of methoxy groups -OCH3 is 1. The number of piperidine rings is 1. The highest BCUT2D eigenvalue weighted by molar-refractivity contribution is 9.10. The Morgan fingerprint density at radius 3 is 2.76 bits per heavy atom. The molecule has 2 rings (SSSR count). The van der Waals surface area contributed by atoms with Crippen LogP contribution >= 0.6 is 15.9 Å². The number of ether oxygens (including phenoxy) is 1. The summed E-state index contributed by atoms with van der Waals surface area (Å²) in [5.41, 5.74) is 0.804. The molecule has 6 nitrogen and oxygen atoms in total. The van der Waals surface area contributed by atoms with Crippen molar-refractivity contribution in [2.75, 3.05) is 26.7 Å². The van der Waals surface area contributed by atoms with Crippen LogP contribution in [0.4, 0.5) is 9.18 Å². The van der Waals surface area contributed by atoms with E-state index in [1.54, 1.807) is 11.0 Å². The van der Waals surface area contributed by atoms with Gasteiger partial charge in [-0.1, -0.05) is 6.07 Å². The van der Waals surface area contributed by atoms with Crippen molar-refractivity contribution >= 4 is 28.0 Å². The van der Waals surface area contributed by atoms with E-state index in [-0.39, 0.29) is 18.0 Å². The van der Waals surface area contributed by atoms with E-state index in [1.165, 1.54) is 13.2 Å². The van der Waals surface area contributed by atoms with Gasteiger partial charge in [0.1, 0.15) is 5.82 Å². The molecule has 0 aromatic heterocycles. The number of rotatable bonds is 4. The number of nitrogens with zero attached hydrogens (tertiary/aromatic N) is 2. The average Bonchev–Trinajstić information content (AvgIpc) is 2.62. The van der Waals surface area contributed by atoms with Crippen LogP contribution in [0.5, 0.6) is 0 Å². The molecule has 0 saturated carbocycles. The van der Waals surface area contributed by atoms with E-state index in [2.05, 4.69) is 31.6 Å². The van der Waals surface area contributed by atoms with E-state index < -0.39 is 0 Å². The van der Waals surface area contributed by atoms with Crippen molar-refractivity contribution in [3.8, 4) is 0 Å². The molecule has 0 bridgehead atoms. The maximum Gasteiger partial charge on any atom is 0.409 e. The van der Waals surface area contributed by atoms with Crippen LogP contribution in [0.1, 0.15) is 25.3 Å². The second-order valence-corrected chi connectivity index (χ2v) is 6.67. The number of amides is 1. The summed E-state index contributed by atoms with van der Waals surface area (Å²) in [6.45, 7) is 4.43. The Morgan fingerprint density at radius 1 is 1.44 bits per heavy atom. The fraction of sp³-hybridized carbons (Fsp3) is 0.529. The first-order valence-corrected chi connectivity index (χ1v) is 9.14. The summed E-state index contributed by atoms with van der Waals surface area (Å²) >= 11 is 3.15. The van der Waals surface area contributed by atoms with E-state index in [9.17, 15) is 9.18 Å². The molecule has 1 aliphatic rings. The van der Waals surface area contributed by atoms with Crippen molar-refractivity contribution in [3.05, 3.63) is 34.1 Å². The zero-order chi connectivity index (χ0) is 18.2. The van der Waals surface area contributed by atoms with Crippen LogP contribution in [0, 0.1) is 5.82 Å². The van der Waals surface area contributed by atoms with Crippen LogP contribution in [0.2, 0.25) is 0 Å². The molecule has 2 N–H and O–H groups in total. The smallest absolute Gasteiger partial charge is 0.409 e. The zero-order valence-electron chi connectivity index (χ0n) is 14.5. The predicted octanol–water partition coefficient (Wildman–Crippen LogP) is 2.87. The Labute approximate surface area is 156 Å². The number of benzene rings is 1. The predicted molar refractivity (Wildman–Crippen MR) is 99.1 cm³/mol. The van der Waals surface area contributed by atoms with Crippen molar-refractivity contribution in [2.45, 2.75) is 32.4 Å². The zero-order valence-corrected chi connectivity index (χ0v) is 16.1. The van der Waals surface area contributed by atoms with Crippen molar-refractivity contribution in [1.29, 1.82) is 0 Å². The molecule has 1 aromatic carbocycles. The van der Waals surface area contributed by atoms with Crippen LogP contribution in [0.15, 0.2) is 27.7 Å². The number of carbonyl (C=O) groups excluding carboxylic acids is 1. The number of hydrogen-bond donors (Lipinski definition) is 2. The Kier molecular flexibility index (Phi) is 7.49. The van der Waals surface area contributed by atoms with Gasteiger partial charge in [-0.2, -0.15) is 0 Å². The van der Waals surface area contributed by atoms with Crippen LogP contribution in [-0.4, -0.2) is 49.7 Å². The van der Waals surface area contributed by atoms with E-state index >= 15 is 0 Å². The number of likely N-dealkylation sites (tertiary alicyclic amines) is 1. The summed E-state index contributed by atoms with van der Waals surface area (Å²) in [4.78, 5) is 17.7. The minimum atomic E-state index is -0.291. The molecule has 138 valence electrons. The van der Waals surface area contributed by atoms with Gasteiger partial charge in [-0.15, -0.1) is 0 Å². The summed E-state index contributed by atoms with van der Waals surface area (Å²) in [6, 6.07) is 5.24. The molecular formula is C17H24BrFN4O2. The van der Waals surface area contributed by atoms with Gasteiger partial charge in [0.15, 0.2) is 5.96 Å². The summed E-state index contributed by atoms with van der Waals surface area (Å²) in [5.74, 6) is 0.406. The lowest BCUT2D eigenvalue weighted by Gasteiger charge is -2.32. The molecule has 1 heterocycles. The number of hydrogen-bond acceptors (Lipinski definition) is 3. The minimum absolute atomic E-state index is 0.236. The van der Waals surface area contributed by atoms with E-state index in [1.807, 2.05) is 13.0 Å². The van der Waals surface area contributed by atoms with Crippen LogP contribution in [-0.2, 0) is 11.3 Å². The normalized spacial score (nSPS) is 15.8. The van der Waals surface area contributed by atoms with Gasteiger partial charge < -0.3 is 20.3 Å². The van der Waals surface area contributed by atoms with Crippen molar-refractivity contribution < 1.29 is 13.9 Å². The van der Waals surface area contributed by atoms with Gasteiger partial charge in [0.2, 0.25) is 0 Å². The summed E-state index contributed by atoms with van der Waals surface area (Å²) in [5, 5.41) is 6.59. The van der Waals surface area contributed by atoms with Crippen molar-refractivity contribution in [3.63, 3.8) is 0 Å². The van der Waals surface area contributed by atoms with Crippen LogP contribution < -0.4 is 10.6 Å². The Morgan fingerprint density at radius 2 is 2.16 bits per heavy atom. The molecule has 1 saturated heterocycles. The molecular weight excluding hydrogens is 391 g/mol. The number of aliphatic imine (C=N–C) groups is 1. The first-order valence-electron chi connectivity index (χ1n) is 8.35. The number of carbonyl (C=O) groups is 1. The largest absolute Gasteiger partial charge is 0.453 e. The molecule has 1 aliphatic heterocycles. The maximum absolute atomic E-state index is 13.6. The Bertz CT molecular complexity index is 619. The van der Waals surface area contributed by atoms with Gasteiger partial charge in [-0.25, -0.2) is 14.2 Å². The SMILES string of the molecule is CCNC(=NCc1ccc(Br)c(F)c1)NC1CCN(C(=O)OC)CC1. The first kappa shape index (κ1) is 19.5. The third-order valence-electron chi connectivity index (χ3n) is 4.02. The third-order valence-corrected chi connectivity index (χ3v) is 4.66. The molecule has 0 atom stereocenters. The molecule has 0 radical (unpaired) electrons. The van der Waals surface area contributed by atoms with Gasteiger partial charge in [-0.05, 0) is 53.4 Å². The number of halogens is 2. The molecule has 0 spiro atoms. The molecule has 1 fully saturated rings. The second-order valence-electron chi connectivity index (χ2n) is 5.82. The molecule has 0 unspecified atom stereocenters. The van der Waals surface area contributed by atoms with E-state index in [4.69, 9.17) is 4.74 Å². The lowest BCUT2D eigenvalue weighted by Crippen LogP contribution is -2.49. The summed E-state index contributed by atoms with van der Waals surface area (Å²) in [6.07, 6.45) is 1.37. The molecule has 8 heteroatoms. The number of nitrogens with one attached hydrogen (secondary N) is 2. The van der Waals surface area contributed by atoms with Crippen molar-refractivity contribution in [2.24, 2.45) is 4.99 Å². The summed E-state index contributed by atoms with van der Waals surface area (Å²) in [7, 11) is 1.40. The van der Waals surface area contributed by atoms with Crippen LogP contribution in [0.3, 0.4) is 0 Å². The van der Waals surface area contributed by atoms with Gasteiger partial charge >= 0.3 is 6.09 Å². The lowest BCUT2D eigenvalue weighted by molar-refractivity contribution is 0.111. The average molecular weight is 415 g/mol. The quantitative estimate of drug-likeness (QED) is 0.587. The molecule has 25 heavy (non-hydrogen) atoms. The fourth-order valence-electron chi connectivity index (χ4n) is 2.66. The highest BCUT2D eigenvalue weighted by Crippen LogP contribution is 2.17. The lowest BCUT2D eigenvalue weighted by atomic mass is 10.1. The Balaban J connectivity index is 1.92. The Hall–Kier alpha value is -1.83. The second kappa shape index (κ2) is 9.60. The highest BCUT2D eigenvalue weighted by atomic mass is 79.9. The molecule has 0 aliphatic carbocycles. The summed E-state index contributed by atoms with van der Waals surface area (Å²) < 4.78 is 18.8. The first-order chi connectivity index (χ1) is 12.0. The van der Waals surface area contributed by atoms with Gasteiger partial charge in [0.05, 0.1) is 18.1 Å². The monoisotopic (exact) mass is 414 g/mol. The van der Waals surface area contributed by atoms with Crippen molar-refractivity contribution in [1.82, 2.24) is 15.5 Å². The van der Waals surface area contributed by atoms with E-state index in [0.717, 1.165) is 24.9 Å². The maximum atomic E-state index is 13.6.